The molecule has 1 aliphatic carbocycles. The molecule has 0 aliphatic heterocycles. The van der Waals surface area contributed by atoms with Crippen LogP contribution in [0.5, 0.6) is 0 Å². The lowest BCUT2D eigenvalue weighted by atomic mass is 9.67. The Morgan fingerprint density at radius 1 is 0.933 bits per heavy atom. The third-order valence-corrected chi connectivity index (χ3v) is 6.14. The molecule has 0 radical (unpaired) electrons. The van der Waals surface area contributed by atoms with E-state index in [1.54, 1.807) is 0 Å². The van der Waals surface area contributed by atoms with Crippen molar-refractivity contribution in [1.82, 2.24) is 0 Å². The molecule has 90 valence electrons. The normalized spacial score (nSPS) is 32.4. The van der Waals surface area contributed by atoms with E-state index in [2.05, 4.69) is 57.2 Å². The monoisotopic (exact) mass is 322 g/mol. The standard InChI is InChI=1S/C14H27I/c1-6-14(5,15)12-9-7-11(8-10-12)13(2,3)4/h11-12H,6-10H2,1-5H3. The Morgan fingerprint density at radius 3 is 1.67 bits per heavy atom. The predicted molar refractivity (Wildman–Crippen MR) is 77.6 cm³/mol. The summed E-state index contributed by atoms with van der Waals surface area (Å²) in [6, 6.07) is 0. The number of alkyl halides is 1. The quantitative estimate of drug-likeness (QED) is 0.469. The molecule has 0 nitrogen and oxygen atoms in total. The van der Waals surface area contributed by atoms with Gasteiger partial charge in [-0.3, -0.25) is 0 Å². The lowest BCUT2D eigenvalue weighted by molar-refractivity contribution is 0.138. The van der Waals surface area contributed by atoms with Gasteiger partial charge >= 0.3 is 0 Å². The lowest BCUT2D eigenvalue weighted by Gasteiger charge is -2.41. The smallest absolute Gasteiger partial charge is 0.0219 e. The lowest BCUT2D eigenvalue weighted by Crippen LogP contribution is -2.34. The first-order chi connectivity index (χ1) is 6.77. The molecule has 0 aromatic heterocycles. The van der Waals surface area contributed by atoms with Gasteiger partial charge in [0.05, 0.1) is 0 Å². The molecule has 1 heteroatoms. The van der Waals surface area contributed by atoms with Crippen LogP contribution in [-0.4, -0.2) is 3.42 Å². The highest BCUT2D eigenvalue weighted by atomic mass is 127. The van der Waals surface area contributed by atoms with E-state index in [0.29, 0.717) is 8.84 Å². The molecule has 1 saturated carbocycles. The Bertz CT molecular complexity index is 192. The van der Waals surface area contributed by atoms with Crippen molar-refractivity contribution in [3.8, 4) is 0 Å². The van der Waals surface area contributed by atoms with E-state index in [9.17, 15) is 0 Å². The second kappa shape index (κ2) is 4.93. The highest BCUT2D eigenvalue weighted by molar-refractivity contribution is 14.1. The molecular weight excluding hydrogens is 295 g/mol. The van der Waals surface area contributed by atoms with Crippen LogP contribution in [0.4, 0.5) is 0 Å². The molecule has 0 amide bonds. The minimum atomic E-state index is 0.527. The van der Waals surface area contributed by atoms with Gasteiger partial charge in [0.15, 0.2) is 0 Å². The molecule has 0 spiro atoms. The van der Waals surface area contributed by atoms with Gasteiger partial charge in [-0.05, 0) is 49.4 Å². The summed E-state index contributed by atoms with van der Waals surface area (Å²) in [5.41, 5.74) is 0.527. The van der Waals surface area contributed by atoms with Crippen LogP contribution < -0.4 is 0 Å². The van der Waals surface area contributed by atoms with Crippen molar-refractivity contribution in [2.24, 2.45) is 17.3 Å². The zero-order valence-corrected chi connectivity index (χ0v) is 13.2. The van der Waals surface area contributed by atoms with Crippen LogP contribution in [0, 0.1) is 17.3 Å². The van der Waals surface area contributed by atoms with Crippen LogP contribution in [0.15, 0.2) is 0 Å². The Kier molecular flexibility index (Phi) is 4.53. The Balaban J connectivity index is 2.50. The minimum absolute atomic E-state index is 0.527. The van der Waals surface area contributed by atoms with Gasteiger partial charge in [-0.15, -0.1) is 0 Å². The van der Waals surface area contributed by atoms with Crippen LogP contribution in [0.25, 0.3) is 0 Å². The van der Waals surface area contributed by atoms with Gasteiger partial charge in [0.25, 0.3) is 0 Å². The van der Waals surface area contributed by atoms with E-state index in [4.69, 9.17) is 0 Å². The second-order valence-electron chi connectivity index (χ2n) is 6.55. The molecule has 1 unspecified atom stereocenters. The SMILES string of the molecule is CCC(C)(I)C1CCC(C(C)(C)C)CC1. The average Bonchev–Trinajstić information content (AvgIpc) is 2.17. The summed E-state index contributed by atoms with van der Waals surface area (Å²) in [5.74, 6) is 1.92. The Hall–Kier alpha value is 0.730. The molecule has 0 heterocycles. The van der Waals surface area contributed by atoms with Gasteiger partial charge in [-0.1, -0.05) is 57.2 Å². The molecule has 1 atom stereocenters. The van der Waals surface area contributed by atoms with Crippen molar-refractivity contribution in [3.63, 3.8) is 0 Å². The number of rotatable bonds is 2. The summed E-state index contributed by atoms with van der Waals surface area (Å²) < 4.78 is 0.542. The average molecular weight is 322 g/mol. The van der Waals surface area contributed by atoms with Crippen LogP contribution in [0.3, 0.4) is 0 Å². The van der Waals surface area contributed by atoms with Gasteiger partial charge in [-0.2, -0.15) is 0 Å². The molecule has 0 bridgehead atoms. The summed E-state index contributed by atoms with van der Waals surface area (Å²) in [5, 5.41) is 0. The van der Waals surface area contributed by atoms with E-state index in [1.165, 1.54) is 32.1 Å². The molecule has 0 aromatic rings. The van der Waals surface area contributed by atoms with Crippen molar-refractivity contribution in [1.29, 1.82) is 0 Å². The molecule has 1 fully saturated rings. The van der Waals surface area contributed by atoms with Crippen LogP contribution >= 0.6 is 22.6 Å². The first-order valence-electron chi connectivity index (χ1n) is 6.46. The molecular formula is C14H27I. The van der Waals surface area contributed by atoms with Crippen molar-refractivity contribution >= 4 is 22.6 Å². The minimum Gasteiger partial charge on any atom is -0.0789 e. The van der Waals surface area contributed by atoms with E-state index >= 15 is 0 Å². The maximum absolute atomic E-state index is 2.69. The third-order valence-electron chi connectivity index (χ3n) is 4.49. The van der Waals surface area contributed by atoms with Crippen LogP contribution in [0.1, 0.15) is 66.7 Å². The van der Waals surface area contributed by atoms with Crippen molar-refractivity contribution in [2.45, 2.75) is 70.1 Å². The topological polar surface area (TPSA) is 0 Å². The summed E-state index contributed by atoms with van der Waals surface area (Å²) in [7, 11) is 0. The molecule has 15 heavy (non-hydrogen) atoms. The first kappa shape index (κ1) is 13.8. The summed E-state index contributed by atoms with van der Waals surface area (Å²) in [4.78, 5) is 0. The fourth-order valence-corrected chi connectivity index (χ4v) is 3.47. The maximum atomic E-state index is 2.69. The maximum Gasteiger partial charge on any atom is 0.0219 e. The fourth-order valence-electron chi connectivity index (χ4n) is 2.85. The summed E-state index contributed by atoms with van der Waals surface area (Å²) in [6.07, 6.45) is 7.13. The zero-order valence-electron chi connectivity index (χ0n) is 11.1. The highest BCUT2D eigenvalue weighted by Gasteiger charge is 2.36. The van der Waals surface area contributed by atoms with Crippen LogP contribution in [0.2, 0.25) is 0 Å². The summed E-state index contributed by atoms with van der Waals surface area (Å²) in [6.45, 7) is 12.0. The predicted octanol–water partition coefficient (Wildman–Crippen LogP) is 5.44. The van der Waals surface area contributed by atoms with Crippen molar-refractivity contribution in [3.05, 3.63) is 0 Å². The highest BCUT2D eigenvalue weighted by Crippen LogP contribution is 2.46. The molecule has 1 aliphatic rings. The molecule has 0 saturated heterocycles. The molecule has 0 aromatic carbocycles. The number of halogens is 1. The summed E-state index contributed by atoms with van der Waals surface area (Å²) >= 11 is 2.69. The van der Waals surface area contributed by atoms with E-state index < -0.39 is 0 Å². The molecule has 0 N–H and O–H groups in total. The third kappa shape index (κ3) is 3.61. The van der Waals surface area contributed by atoms with Crippen molar-refractivity contribution < 1.29 is 0 Å². The van der Waals surface area contributed by atoms with Crippen LogP contribution in [-0.2, 0) is 0 Å². The second-order valence-corrected chi connectivity index (χ2v) is 9.01. The Labute approximate surface area is 110 Å². The number of hydrogen-bond donors (Lipinski definition) is 0. The van der Waals surface area contributed by atoms with E-state index in [0.717, 1.165) is 11.8 Å². The van der Waals surface area contributed by atoms with Crippen molar-refractivity contribution in [2.75, 3.05) is 0 Å². The van der Waals surface area contributed by atoms with E-state index in [-0.39, 0.29) is 0 Å². The fraction of sp³-hybridized carbons (Fsp3) is 1.00. The largest absolute Gasteiger partial charge is 0.0789 e. The van der Waals surface area contributed by atoms with E-state index in [1.807, 2.05) is 0 Å². The number of hydrogen-bond acceptors (Lipinski definition) is 0. The Morgan fingerprint density at radius 2 is 1.33 bits per heavy atom. The molecule has 1 rings (SSSR count). The van der Waals surface area contributed by atoms with Gasteiger partial charge in [0, 0.05) is 3.42 Å². The first-order valence-corrected chi connectivity index (χ1v) is 7.54. The van der Waals surface area contributed by atoms with Gasteiger partial charge in [0.1, 0.15) is 0 Å². The van der Waals surface area contributed by atoms with Gasteiger partial charge < -0.3 is 0 Å². The van der Waals surface area contributed by atoms with Gasteiger partial charge in [0.2, 0.25) is 0 Å². The van der Waals surface area contributed by atoms with Gasteiger partial charge in [-0.25, -0.2) is 0 Å². The zero-order chi connectivity index (χ0) is 11.7.